The van der Waals surface area contributed by atoms with E-state index >= 15 is 0 Å². The molecule has 3 aromatic rings. The number of rotatable bonds is 3. The third kappa shape index (κ3) is 2.73. The highest BCUT2D eigenvalue weighted by Gasteiger charge is 2.19. The van der Waals surface area contributed by atoms with Gasteiger partial charge in [-0.1, -0.05) is 36.4 Å². The highest BCUT2D eigenvalue weighted by atomic mass is 19.1. The SMILES string of the molecule is COC(=O)c1cn(C(=O)Cc2ccccc2F)c2ccccc12. The highest BCUT2D eigenvalue weighted by molar-refractivity contribution is 6.07. The van der Waals surface area contributed by atoms with Crippen LogP contribution in [0.3, 0.4) is 0 Å². The average Bonchev–Trinajstić information content (AvgIpc) is 2.96. The lowest BCUT2D eigenvalue weighted by Gasteiger charge is -2.05. The fourth-order valence-corrected chi connectivity index (χ4v) is 2.55. The smallest absolute Gasteiger partial charge is 0.340 e. The summed E-state index contributed by atoms with van der Waals surface area (Å²) in [6.45, 7) is 0. The fraction of sp³-hybridized carbons (Fsp3) is 0.111. The second kappa shape index (κ2) is 6.04. The van der Waals surface area contributed by atoms with E-state index in [1.807, 2.05) is 0 Å². The number of para-hydroxylation sites is 1. The van der Waals surface area contributed by atoms with Gasteiger partial charge in [-0.25, -0.2) is 9.18 Å². The van der Waals surface area contributed by atoms with Gasteiger partial charge in [0.2, 0.25) is 5.91 Å². The Morgan fingerprint density at radius 1 is 1.09 bits per heavy atom. The highest BCUT2D eigenvalue weighted by Crippen LogP contribution is 2.22. The summed E-state index contributed by atoms with van der Waals surface area (Å²) in [4.78, 5) is 24.4. The molecule has 0 amide bonds. The molecular formula is C18H14FNO3. The van der Waals surface area contributed by atoms with Crippen molar-refractivity contribution in [1.29, 1.82) is 0 Å². The molecule has 0 radical (unpaired) electrons. The quantitative estimate of drug-likeness (QED) is 0.696. The van der Waals surface area contributed by atoms with Gasteiger partial charge in [0, 0.05) is 11.6 Å². The van der Waals surface area contributed by atoms with E-state index in [1.54, 1.807) is 42.5 Å². The molecule has 2 aromatic carbocycles. The van der Waals surface area contributed by atoms with Crippen molar-refractivity contribution in [2.45, 2.75) is 6.42 Å². The summed E-state index contributed by atoms with van der Waals surface area (Å²) >= 11 is 0. The molecule has 1 aromatic heterocycles. The Labute approximate surface area is 132 Å². The number of carbonyl (C=O) groups excluding carboxylic acids is 2. The molecular weight excluding hydrogens is 297 g/mol. The van der Waals surface area contributed by atoms with E-state index in [0.717, 1.165) is 0 Å². The van der Waals surface area contributed by atoms with E-state index in [-0.39, 0.29) is 12.3 Å². The van der Waals surface area contributed by atoms with E-state index in [0.29, 0.717) is 22.0 Å². The molecule has 23 heavy (non-hydrogen) atoms. The lowest BCUT2D eigenvalue weighted by atomic mass is 10.1. The minimum absolute atomic E-state index is 0.0913. The standard InChI is InChI=1S/C18H14FNO3/c1-23-18(22)14-11-20(16-9-5-3-7-13(14)16)17(21)10-12-6-2-4-8-15(12)19/h2-9,11H,10H2,1H3. The number of aromatic nitrogens is 1. The zero-order chi connectivity index (χ0) is 16.4. The third-order valence-electron chi connectivity index (χ3n) is 3.69. The van der Waals surface area contributed by atoms with Crippen LogP contribution in [-0.4, -0.2) is 23.6 Å². The summed E-state index contributed by atoms with van der Waals surface area (Å²) in [5.74, 6) is -1.26. The van der Waals surface area contributed by atoms with Gasteiger partial charge in [0.05, 0.1) is 24.6 Å². The summed E-state index contributed by atoms with van der Waals surface area (Å²) in [5, 5.41) is 0.626. The first-order valence-electron chi connectivity index (χ1n) is 7.07. The van der Waals surface area contributed by atoms with Gasteiger partial charge in [-0.3, -0.25) is 9.36 Å². The summed E-state index contributed by atoms with van der Waals surface area (Å²) in [5.41, 5.74) is 1.22. The van der Waals surface area contributed by atoms with Gasteiger partial charge >= 0.3 is 5.97 Å². The second-order valence-corrected chi connectivity index (χ2v) is 5.08. The van der Waals surface area contributed by atoms with Crippen LogP contribution in [0.15, 0.2) is 54.7 Å². The molecule has 0 unspecified atom stereocenters. The number of methoxy groups -OCH3 is 1. The molecule has 0 saturated heterocycles. The second-order valence-electron chi connectivity index (χ2n) is 5.08. The summed E-state index contributed by atoms with van der Waals surface area (Å²) < 4.78 is 19.9. The van der Waals surface area contributed by atoms with Gasteiger partial charge in [0.25, 0.3) is 0 Å². The largest absolute Gasteiger partial charge is 0.465 e. The monoisotopic (exact) mass is 311 g/mol. The molecule has 0 bridgehead atoms. The molecule has 0 saturated carbocycles. The van der Waals surface area contributed by atoms with Gasteiger partial charge in [-0.2, -0.15) is 0 Å². The predicted molar refractivity (Wildman–Crippen MR) is 84.0 cm³/mol. The average molecular weight is 311 g/mol. The fourth-order valence-electron chi connectivity index (χ4n) is 2.55. The Kier molecular flexibility index (Phi) is 3.93. The number of hydrogen-bond donors (Lipinski definition) is 0. The minimum atomic E-state index is -0.515. The van der Waals surface area contributed by atoms with Gasteiger partial charge in [-0.05, 0) is 17.7 Å². The number of ether oxygens (including phenoxy) is 1. The van der Waals surface area contributed by atoms with Gasteiger partial charge in [0.15, 0.2) is 0 Å². The number of fused-ring (bicyclic) bond motifs is 1. The van der Waals surface area contributed by atoms with E-state index in [1.165, 1.54) is 23.9 Å². The van der Waals surface area contributed by atoms with Crippen LogP contribution in [0.1, 0.15) is 20.7 Å². The topological polar surface area (TPSA) is 48.3 Å². The number of nitrogens with zero attached hydrogens (tertiary/aromatic N) is 1. The molecule has 0 fully saturated rings. The van der Waals surface area contributed by atoms with Crippen LogP contribution in [0, 0.1) is 5.82 Å². The van der Waals surface area contributed by atoms with Crippen LogP contribution < -0.4 is 0 Å². The van der Waals surface area contributed by atoms with Crippen LogP contribution in [0.2, 0.25) is 0 Å². The molecule has 3 rings (SSSR count). The van der Waals surface area contributed by atoms with E-state index in [2.05, 4.69) is 0 Å². The van der Waals surface area contributed by atoms with Gasteiger partial charge < -0.3 is 4.74 Å². The summed E-state index contributed by atoms with van der Waals surface area (Å²) in [7, 11) is 1.29. The van der Waals surface area contributed by atoms with Crippen LogP contribution >= 0.6 is 0 Å². The molecule has 116 valence electrons. The first-order chi connectivity index (χ1) is 11.1. The zero-order valence-corrected chi connectivity index (χ0v) is 12.5. The molecule has 0 N–H and O–H groups in total. The minimum Gasteiger partial charge on any atom is -0.465 e. The lowest BCUT2D eigenvalue weighted by Crippen LogP contribution is -2.13. The Morgan fingerprint density at radius 3 is 2.52 bits per heavy atom. The predicted octanol–water partition coefficient (Wildman–Crippen LogP) is 3.45. The Bertz CT molecular complexity index is 898. The Balaban J connectivity index is 2.04. The van der Waals surface area contributed by atoms with Crippen LogP contribution in [0.4, 0.5) is 4.39 Å². The molecule has 0 aliphatic heterocycles. The maximum atomic E-state index is 13.7. The van der Waals surface area contributed by atoms with Crippen molar-refractivity contribution in [3.63, 3.8) is 0 Å². The van der Waals surface area contributed by atoms with Crippen molar-refractivity contribution in [3.05, 3.63) is 71.7 Å². The first-order valence-corrected chi connectivity index (χ1v) is 7.07. The zero-order valence-electron chi connectivity index (χ0n) is 12.5. The van der Waals surface area contributed by atoms with Crippen LogP contribution in [-0.2, 0) is 11.2 Å². The summed E-state index contributed by atoms with van der Waals surface area (Å²) in [6.07, 6.45) is 1.35. The summed E-state index contributed by atoms with van der Waals surface area (Å²) in [6, 6.07) is 13.2. The third-order valence-corrected chi connectivity index (χ3v) is 3.69. The van der Waals surface area contributed by atoms with Crippen molar-refractivity contribution < 1.29 is 18.7 Å². The van der Waals surface area contributed by atoms with Crippen molar-refractivity contribution in [2.24, 2.45) is 0 Å². The lowest BCUT2D eigenvalue weighted by molar-refractivity contribution is 0.0603. The van der Waals surface area contributed by atoms with Crippen LogP contribution in [0.25, 0.3) is 10.9 Å². The van der Waals surface area contributed by atoms with Crippen molar-refractivity contribution in [3.8, 4) is 0 Å². The van der Waals surface area contributed by atoms with Crippen LogP contribution in [0.5, 0.6) is 0 Å². The normalized spacial score (nSPS) is 10.7. The number of halogens is 1. The maximum absolute atomic E-state index is 13.7. The molecule has 1 heterocycles. The van der Waals surface area contributed by atoms with E-state index < -0.39 is 11.8 Å². The molecule has 0 aliphatic rings. The molecule has 4 nitrogen and oxygen atoms in total. The number of benzene rings is 2. The number of esters is 1. The van der Waals surface area contributed by atoms with Gasteiger partial charge in [0.1, 0.15) is 5.82 Å². The van der Waals surface area contributed by atoms with Crippen molar-refractivity contribution in [1.82, 2.24) is 4.57 Å². The van der Waals surface area contributed by atoms with Crippen molar-refractivity contribution >= 4 is 22.8 Å². The van der Waals surface area contributed by atoms with E-state index in [4.69, 9.17) is 4.74 Å². The number of carbonyl (C=O) groups is 2. The Morgan fingerprint density at radius 2 is 1.78 bits per heavy atom. The molecule has 0 atom stereocenters. The van der Waals surface area contributed by atoms with Crippen molar-refractivity contribution in [2.75, 3.05) is 7.11 Å². The maximum Gasteiger partial charge on any atom is 0.340 e. The molecule has 0 aliphatic carbocycles. The van der Waals surface area contributed by atoms with Gasteiger partial charge in [-0.15, -0.1) is 0 Å². The Hall–Kier alpha value is -2.95. The van der Waals surface area contributed by atoms with E-state index in [9.17, 15) is 14.0 Å². The molecule has 5 heteroatoms. The first kappa shape index (κ1) is 15.0. The number of hydrogen-bond acceptors (Lipinski definition) is 3. The molecule has 0 spiro atoms.